The van der Waals surface area contributed by atoms with Crippen LogP contribution in [0.5, 0.6) is 0 Å². The molecule has 0 bridgehead atoms. The van der Waals surface area contributed by atoms with Gasteiger partial charge < -0.3 is 4.57 Å². The first-order chi connectivity index (χ1) is 9.69. The van der Waals surface area contributed by atoms with Crippen LogP contribution in [0, 0.1) is 12.7 Å². The first kappa shape index (κ1) is 13.1. The lowest BCUT2D eigenvalue weighted by molar-refractivity contribution is 0.628. The summed E-state index contributed by atoms with van der Waals surface area (Å²) in [7, 11) is 0. The SMILES string of the molecule is Cc1ccccc1Cn1c(CCl)nc2ccc(F)cc21. The van der Waals surface area contributed by atoms with E-state index >= 15 is 0 Å². The van der Waals surface area contributed by atoms with Crippen LogP contribution in [0.1, 0.15) is 17.0 Å². The average molecular weight is 289 g/mol. The topological polar surface area (TPSA) is 17.8 Å². The van der Waals surface area contributed by atoms with Gasteiger partial charge in [-0.15, -0.1) is 11.6 Å². The van der Waals surface area contributed by atoms with Crippen molar-refractivity contribution >= 4 is 22.6 Å². The molecule has 0 aliphatic carbocycles. The van der Waals surface area contributed by atoms with Crippen molar-refractivity contribution in [2.45, 2.75) is 19.3 Å². The van der Waals surface area contributed by atoms with E-state index in [2.05, 4.69) is 24.0 Å². The predicted octanol–water partition coefficient (Wildman–Crippen LogP) is 4.27. The second kappa shape index (κ2) is 5.25. The van der Waals surface area contributed by atoms with Gasteiger partial charge in [0.1, 0.15) is 11.6 Å². The summed E-state index contributed by atoms with van der Waals surface area (Å²) in [6, 6.07) is 12.8. The van der Waals surface area contributed by atoms with E-state index in [9.17, 15) is 4.39 Å². The number of rotatable bonds is 3. The molecular formula is C16H14ClFN2. The van der Waals surface area contributed by atoms with Gasteiger partial charge in [0.2, 0.25) is 0 Å². The monoisotopic (exact) mass is 288 g/mol. The largest absolute Gasteiger partial charge is 0.322 e. The second-order valence-corrected chi connectivity index (χ2v) is 5.07. The number of alkyl halides is 1. The summed E-state index contributed by atoms with van der Waals surface area (Å²) < 4.78 is 15.5. The van der Waals surface area contributed by atoms with Gasteiger partial charge in [0, 0.05) is 6.54 Å². The van der Waals surface area contributed by atoms with E-state index in [1.165, 1.54) is 23.3 Å². The average Bonchev–Trinajstić information content (AvgIpc) is 2.79. The summed E-state index contributed by atoms with van der Waals surface area (Å²) in [6.45, 7) is 2.71. The van der Waals surface area contributed by atoms with Crippen molar-refractivity contribution in [2.75, 3.05) is 0 Å². The van der Waals surface area contributed by atoms with Crippen molar-refractivity contribution < 1.29 is 4.39 Å². The summed E-state index contributed by atoms with van der Waals surface area (Å²) in [5.41, 5.74) is 3.94. The Kier molecular flexibility index (Phi) is 3.45. The van der Waals surface area contributed by atoms with E-state index in [4.69, 9.17) is 11.6 Å². The molecule has 0 spiro atoms. The molecule has 20 heavy (non-hydrogen) atoms. The first-order valence-electron chi connectivity index (χ1n) is 6.44. The molecule has 3 aromatic rings. The predicted molar refractivity (Wildman–Crippen MR) is 79.5 cm³/mol. The van der Waals surface area contributed by atoms with E-state index in [0.29, 0.717) is 12.4 Å². The molecule has 2 nitrogen and oxygen atoms in total. The van der Waals surface area contributed by atoms with E-state index in [0.717, 1.165) is 16.9 Å². The van der Waals surface area contributed by atoms with E-state index in [1.807, 2.05) is 16.7 Å². The standard InChI is InChI=1S/C16H14ClFN2/c1-11-4-2-3-5-12(11)10-20-15-8-13(18)6-7-14(15)19-16(20)9-17/h2-8H,9-10H2,1H3. The highest BCUT2D eigenvalue weighted by molar-refractivity contribution is 6.16. The Labute approximate surface area is 121 Å². The van der Waals surface area contributed by atoms with Gasteiger partial charge in [0.25, 0.3) is 0 Å². The van der Waals surface area contributed by atoms with Crippen molar-refractivity contribution in [1.82, 2.24) is 9.55 Å². The van der Waals surface area contributed by atoms with Gasteiger partial charge in [0.05, 0.1) is 16.9 Å². The lowest BCUT2D eigenvalue weighted by atomic mass is 10.1. The fraction of sp³-hybridized carbons (Fsp3) is 0.188. The highest BCUT2D eigenvalue weighted by Gasteiger charge is 2.11. The van der Waals surface area contributed by atoms with Crippen LogP contribution in [-0.2, 0) is 12.4 Å². The van der Waals surface area contributed by atoms with Gasteiger partial charge in [-0.25, -0.2) is 9.37 Å². The molecule has 0 amide bonds. The number of aryl methyl sites for hydroxylation is 1. The van der Waals surface area contributed by atoms with Crippen molar-refractivity contribution in [3.05, 3.63) is 65.2 Å². The Hall–Kier alpha value is -1.87. The minimum absolute atomic E-state index is 0.260. The number of hydrogen-bond donors (Lipinski definition) is 0. The Bertz CT molecular complexity index is 764. The number of fused-ring (bicyclic) bond motifs is 1. The van der Waals surface area contributed by atoms with Gasteiger partial charge >= 0.3 is 0 Å². The zero-order chi connectivity index (χ0) is 14.1. The summed E-state index contributed by atoms with van der Waals surface area (Å²) in [4.78, 5) is 4.46. The lowest BCUT2D eigenvalue weighted by Crippen LogP contribution is -2.05. The number of benzene rings is 2. The van der Waals surface area contributed by atoms with Crippen LogP contribution in [-0.4, -0.2) is 9.55 Å². The summed E-state index contributed by atoms with van der Waals surface area (Å²) in [5, 5.41) is 0. The van der Waals surface area contributed by atoms with E-state index in [1.54, 1.807) is 6.07 Å². The van der Waals surface area contributed by atoms with Gasteiger partial charge in [0.15, 0.2) is 0 Å². The number of hydrogen-bond acceptors (Lipinski definition) is 1. The van der Waals surface area contributed by atoms with Crippen LogP contribution in [0.25, 0.3) is 11.0 Å². The summed E-state index contributed by atoms with van der Waals surface area (Å²) in [5.74, 6) is 0.808. The Morgan fingerprint density at radius 3 is 2.75 bits per heavy atom. The Morgan fingerprint density at radius 2 is 2.00 bits per heavy atom. The molecule has 0 atom stereocenters. The summed E-state index contributed by atoms with van der Waals surface area (Å²) >= 11 is 5.97. The van der Waals surface area contributed by atoms with Crippen LogP contribution < -0.4 is 0 Å². The zero-order valence-electron chi connectivity index (χ0n) is 11.1. The molecule has 0 N–H and O–H groups in total. The van der Waals surface area contributed by atoms with Gasteiger partial charge in [-0.1, -0.05) is 24.3 Å². The minimum atomic E-state index is -0.260. The molecule has 4 heteroatoms. The lowest BCUT2D eigenvalue weighted by Gasteiger charge is -2.10. The van der Waals surface area contributed by atoms with Crippen LogP contribution in [0.2, 0.25) is 0 Å². The Morgan fingerprint density at radius 1 is 1.20 bits per heavy atom. The maximum atomic E-state index is 13.5. The number of nitrogens with zero attached hydrogens (tertiary/aromatic N) is 2. The normalized spacial score (nSPS) is 11.2. The molecule has 0 radical (unpaired) electrons. The Balaban J connectivity index is 2.14. The second-order valence-electron chi connectivity index (χ2n) is 4.81. The number of halogens is 2. The molecule has 0 aliphatic rings. The first-order valence-corrected chi connectivity index (χ1v) is 6.97. The fourth-order valence-electron chi connectivity index (χ4n) is 2.38. The zero-order valence-corrected chi connectivity index (χ0v) is 11.9. The van der Waals surface area contributed by atoms with Crippen LogP contribution in [0.3, 0.4) is 0 Å². The smallest absolute Gasteiger partial charge is 0.125 e. The van der Waals surface area contributed by atoms with Gasteiger partial charge in [-0.2, -0.15) is 0 Å². The number of aromatic nitrogens is 2. The third kappa shape index (κ3) is 2.29. The fourth-order valence-corrected chi connectivity index (χ4v) is 2.59. The maximum Gasteiger partial charge on any atom is 0.125 e. The molecule has 102 valence electrons. The molecular weight excluding hydrogens is 275 g/mol. The van der Waals surface area contributed by atoms with Crippen molar-refractivity contribution in [3.8, 4) is 0 Å². The highest BCUT2D eigenvalue weighted by atomic mass is 35.5. The van der Waals surface area contributed by atoms with Crippen molar-refractivity contribution in [2.24, 2.45) is 0 Å². The van der Waals surface area contributed by atoms with E-state index in [-0.39, 0.29) is 5.82 Å². The molecule has 0 fully saturated rings. The molecule has 1 heterocycles. The maximum absolute atomic E-state index is 13.5. The highest BCUT2D eigenvalue weighted by Crippen LogP contribution is 2.21. The number of imidazole rings is 1. The molecule has 2 aromatic carbocycles. The minimum Gasteiger partial charge on any atom is -0.322 e. The summed E-state index contributed by atoms with van der Waals surface area (Å²) in [6.07, 6.45) is 0. The van der Waals surface area contributed by atoms with E-state index < -0.39 is 0 Å². The third-order valence-electron chi connectivity index (χ3n) is 3.50. The third-order valence-corrected chi connectivity index (χ3v) is 3.74. The molecule has 0 saturated heterocycles. The van der Waals surface area contributed by atoms with Crippen LogP contribution in [0.4, 0.5) is 4.39 Å². The van der Waals surface area contributed by atoms with Crippen LogP contribution in [0.15, 0.2) is 42.5 Å². The quantitative estimate of drug-likeness (QED) is 0.658. The van der Waals surface area contributed by atoms with Gasteiger partial charge in [-0.05, 0) is 36.2 Å². The van der Waals surface area contributed by atoms with Crippen molar-refractivity contribution in [1.29, 1.82) is 0 Å². The molecule has 3 rings (SSSR count). The van der Waals surface area contributed by atoms with Crippen LogP contribution >= 0.6 is 11.6 Å². The molecule has 0 unspecified atom stereocenters. The molecule has 0 aliphatic heterocycles. The van der Waals surface area contributed by atoms with Crippen molar-refractivity contribution in [3.63, 3.8) is 0 Å². The molecule has 0 saturated carbocycles. The molecule has 1 aromatic heterocycles. The van der Waals surface area contributed by atoms with Gasteiger partial charge in [-0.3, -0.25) is 0 Å².